The smallest absolute Gasteiger partial charge is 0.247 e. The molecule has 1 aliphatic rings. The number of rotatable bonds is 7. The fourth-order valence-electron chi connectivity index (χ4n) is 3.65. The number of aromatic nitrogens is 2. The first-order chi connectivity index (χ1) is 16.4. The summed E-state index contributed by atoms with van der Waals surface area (Å²) >= 11 is 6.36. The Morgan fingerprint density at radius 3 is 2.50 bits per heavy atom. The minimum Gasteiger partial charge on any atom is -0.369 e. The van der Waals surface area contributed by atoms with Gasteiger partial charge in [0.05, 0.1) is 17.6 Å². The SMILES string of the molecule is C=CC(=O)Nc1cc(C)ccc1Nc1nc(Nc2ccc(N3CCN(C)CC3)cc2)ncc1Cl. The molecular weight excluding hydrogens is 450 g/mol. The number of halogens is 1. The number of hydrogen-bond donors (Lipinski definition) is 3. The highest BCUT2D eigenvalue weighted by Crippen LogP contribution is 2.30. The zero-order chi connectivity index (χ0) is 24.1. The van der Waals surface area contributed by atoms with Crippen LogP contribution in [0.5, 0.6) is 0 Å². The number of nitrogens with one attached hydrogen (secondary N) is 3. The van der Waals surface area contributed by atoms with Crippen LogP contribution in [-0.4, -0.2) is 54.0 Å². The van der Waals surface area contributed by atoms with E-state index in [0.717, 1.165) is 37.4 Å². The average Bonchev–Trinajstić information content (AvgIpc) is 2.84. The molecule has 0 radical (unpaired) electrons. The molecule has 0 bridgehead atoms. The molecule has 8 nitrogen and oxygen atoms in total. The molecule has 1 saturated heterocycles. The van der Waals surface area contributed by atoms with Crippen molar-refractivity contribution in [1.29, 1.82) is 0 Å². The van der Waals surface area contributed by atoms with Crippen molar-refractivity contribution < 1.29 is 4.79 Å². The predicted molar refractivity (Wildman–Crippen MR) is 140 cm³/mol. The molecule has 0 saturated carbocycles. The maximum Gasteiger partial charge on any atom is 0.247 e. The van der Waals surface area contributed by atoms with Crippen molar-refractivity contribution >= 4 is 52.0 Å². The Balaban J connectivity index is 1.49. The molecule has 176 valence electrons. The second-order valence-corrected chi connectivity index (χ2v) is 8.63. The van der Waals surface area contributed by atoms with Gasteiger partial charge < -0.3 is 25.8 Å². The summed E-state index contributed by atoms with van der Waals surface area (Å²) in [5.74, 6) is 0.527. The van der Waals surface area contributed by atoms with E-state index in [0.29, 0.717) is 28.2 Å². The summed E-state index contributed by atoms with van der Waals surface area (Å²) in [4.78, 5) is 25.4. The van der Waals surface area contributed by atoms with Crippen LogP contribution in [0, 0.1) is 6.92 Å². The topological polar surface area (TPSA) is 85.4 Å². The largest absolute Gasteiger partial charge is 0.369 e. The van der Waals surface area contributed by atoms with Crippen LogP contribution in [-0.2, 0) is 4.79 Å². The average molecular weight is 478 g/mol. The fourth-order valence-corrected chi connectivity index (χ4v) is 3.78. The van der Waals surface area contributed by atoms with Crippen LogP contribution in [0.25, 0.3) is 0 Å². The van der Waals surface area contributed by atoms with Crippen LogP contribution in [0.4, 0.5) is 34.5 Å². The molecule has 0 aliphatic carbocycles. The van der Waals surface area contributed by atoms with Gasteiger partial charge in [-0.05, 0) is 62.0 Å². The van der Waals surface area contributed by atoms with Crippen molar-refractivity contribution in [2.45, 2.75) is 6.92 Å². The van der Waals surface area contributed by atoms with E-state index in [1.807, 2.05) is 37.3 Å². The fraction of sp³-hybridized carbons (Fsp3) is 0.240. The summed E-state index contributed by atoms with van der Waals surface area (Å²) in [6, 6.07) is 13.9. The number of nitrogens with zero attached hydrogens (tertiary/aromatic N) is 4. The lowest BCUT2D eigenvalue weighted by Gasteiger charge is -2.34. The zero-order valence-electron chi connectivity index (χ0n) is 19.3. The number of benzene rings is 2. The number of aryl methyl sites for hydroxylation is 1. The van der Waals surface area contributed by atoms with Gasteiger partial charge in [0.25, 0.3) is 0 Å². The summed E-state index contributed by atoms with van der Waals surface area (Å²) in [6.45, 7) is 9.62. The lowest BCUT2D eigenvalue weighted by molar-refractivity contribution is -0.111. The van der Waals surface area contributed by atoms with E-state index < -0.39 is 0 Å². The number of piperazine rings is 1. The zero-order valence-corrected chi connectivity index (χ0v) is 20.1. The van der Waals surface area contributed by atoms with Gasteiger partial charge in [-0.2, -0.15) is 4.98 Å². The van der Waals surface area contributed by atoms with E-state index in [4.69, 9.17) is 11.6 Å². The Bertz CT molecular complexity index is 1170. The summed E-state index contributed by atoms with van der Waals surface area (Å²) in [7, 11) is 2.15. The molecule has 1 fully saturated rings. The van der Waals surface area contributed by atoms with Gasteiger partial charge in [-0.15, -0.1) is 0 Å². The number of hydrogen-bond acceptors (Lipinski definition) is 7. The van der Waals surface area contributed by atoms with Crippen molar-refractivity contribution in [1.82, 2.24) is 14.9 Å². The van der Waals surface area contributed by atoms with Gasteiger partial charge in [-0.1, -0.05) is 24.2 Å². The number of anilines is 6. The first-order valence-electron chi connectivity index (χ1n) is 11.1. The highest BCUT2D eigenvalue weighted by atomic mass is 35.5. The summed E-state index contributed by atoms with van der Waals surface area (Å²) in [5, 5.41) is 9.59. The van der Waals surface area contributed by atoms with Gasteiger partial charge in [0.2, 0.25) is 11.9 Å². The highest BCUT2D eigenvalue weighted by molar-refractivity contribution is 6.33. The molecule has 0 atom stereocenters. The highest BCUT2D eigenvalue weighted by Gasteiger charge is 2.14. The molecule has 9 heteroatoms. The van der Waals surface area contributed by atoms with Crippen LogP contribution < -0.4 is 20.9 Å². The third kappa shape index (κ3) is 5.84. The lowest BCUT2D eigenvalue weighted by atomic mass is 10.2. The third-order valence-corrected chi connectivity index (χ3v) is 5.88. The Morgan fingerprint density at radius 2 is 1.79 bits per heavy atom. The van der Waals surface area contributed by atoms with Crippen molar-refractivity contribution in [2.24, 2.45) is 0 Å². The molecule has 1 aromatic heterocycles. The summed E-state index contributed by atoms with van der Waals surface area (Å²) < 4.78 is 0. The molecule has 3 N–H and O–H groups in total. The number of carbonyl (C=O) groups excluding carboxylic acids is 1. The van der Waals surface area contributed by atoms with Crippen LogP contribution in [0.15, 0.2) is 61.3 Å². The summed E-state index contributed by atoms with van der Waals surface area (Å²) in [5.41, 5.74) is 4.34. The lowest BCUT2D eigenvalue weighted by Crippen LogP contribution is -2.44. The molecule has 2 aromatic carbocycles. The molecule has 0 unspecified atom stereocenters. The van der Waals surface area contributed by atoms with E-state index in [9.17, 15) is 4.79 Å². The Kier molecular flexibility index (Phi) is 7.30. The van der Waals surface area contributed by atoms with Crippen molar-refractivity contribution in [3.8, 4) is 0 Å². The molecule has 1 amide bonds. The van der Waals surface area contributed by atoms with Crippen LogP contribution >= 0.6 is 11.6 Å². The van der Waals surface area contributed by atoms with E-state index in [2.05, 4.69) is 61.5 Å². The number of likely N-dealkylation sites (N-methyl/N-ethyl adjacent to an activating group) is 1. The van der Waals surface area contributed by atoms with Gasteiger partial charge in [-0.3, -0.25) is 4.79 Å². The van der Waals surface area contributed by atoms with E-state index in [-0.39, 0.29) is 5.91 Å². The Hall–Kier alpha value is -3.62. The summed E-state index contributed by atoms with van der Waals surface area (Å²) in [6.07, 6.45) is 2.76. The Morgan fingerprint density at radius 1 is 1.06 bits per heavy atom. The predicted octanol–water partition coefficient (Wildman–Crippen LogP) is 4.80. The maximum absolute atomic E-state index is 11.8. The molecular formula is C25H28ClN7O. The normalized spacial score (nSPS) is 13.9. The molecule has 0 spiro atoms. The molecule has 1 aliphatic heterocycles. The first kappa shape index (κ1) is 23.5. The van der Waals surface area contributed by atoms with E-state index in [1.54, 1.807) is 0 Å². The van der Waals surface area contributed by atoms with Crippen molar-refractivity contribution in [3.63, 3.8) is 0 Å². The number of amides is 1. The molecule has 4 rings (SSSR count). The maximum atomic E-state index is 11.8. The van der Waals surface area contributed by atoms with Crippen molar-refractivity contribution in [3.05, 3.63) is 71.9 Å². The number of carbonyl (C=O) groups is 1. The Labute approximate surface area is 204 Å². The molecule has 34 heavy (non-hydrogen) atoms. The minimum absolute atomic E-state index is 0.301. The van der Waals surface area contributed by atoms with Crippen molar-refractivity contribution in [2.75, 3.05) is 54.1 Å². The first-order valence-corrected chi connectivity index (χ1v) is 11.4. The van der Waals surface area contributed by atoms with Crippen LogP contribution in [0.3, 0.4) is 0 Å². The van der Waals surface area contributed by atoms with Gasteiger partial charge >= 0.3 is 0 Å². The standard InChI is InChI=1S/C25H28ClN7O/c1-4-23(34)29-22-15-17(2)5-10-21(22)30-24-20(26)16-27-25(31-24)28-18-6-8-19(9-7-18)33-13-11-32(3)12-14-33/h4-10,15-16H,1,11-14H2,2-3H3,(H,29,34)(H2,27,28,30,31). The van der Waals surface area contributed by atoms with E-state index in [1.165, 1.54) is 18.0 Å². The third-order valence-electron chi connectivity index (χ3n) is 5.61. The second-order valence-electron chi connectivity index (χ2n) is 8.22. The van der Waals surface area contributed by atoms with Gasteiger partial charge in [-0.25, -0.2) is 4.98 Å². The van der Waals surface area contributed by atoms with Gasteiger partial charge in [0.15, 0.2) is 5.82 Å². The minimum atomic E-state index is -0.301. The second kappa shape index (κ2) is 10.5. The molecule has 3 aromatic rings. The van der Waals surface area contributed by atoms with Crippen LogP contribution in [0.2, 0.25) is 5.02 Å². The molecule has 2 heterocycles. The van der Waals surface area contributed by atoms with Crippen LogP contribution in [0.1, 0.15) is 5.56 Å². The van der Waals surface area contributed by atoms with Gasteiger partial charge in [0.1, 0.15) is 5.02 Å². The van der Waals surface area contributed by atoms with Gasteiger partial charge in [0, 0.05) is 37.6 Å². The van der Waals surface area contributed by atoms with E-state index >= 15 is 0 Å². The monoisotopic (exact) mass is 477 g/mol. The quantitative estimate of drug-likeness (QED) is 0.421.